The third-order valence-corrected chi connectivity index (χ3v) is 2.71. The standard InChI is InChI=1S/C13H18N6O2/c1-13(2,8-21-3)7-10(20)18-12-16-9-17-19(12)11-14-5-4-6-15-11/h4-6,9H,7-8H2,1-3H3,(H,16,17,18,20). The van der Waals surface area contributed by atoms with Crippen molar-refractivity contribution in [3.8, 4) is 5.95 Å². The van der Waals surface area contributed by atoms with Gasteiger partial charge in [-0.15, -0.1) is 0 Å². The number of aromatic nitrogens is 5. The average molecular weight is 290 g/mol. The van der Waals surface area contributed by atoms with Gasteiger partial charge in [-0.3, -0.25) is 10.1 Å². The van der Waals surface area contributed by atoms with Crippen LogP contribution >= 0.6 is 0 Å². The van der Waals surface area contributed by atoms with Crippen molar-refractivity contribution >= 4 is 11.9 Å². The van der Waals surface area contributed by atoms with Crippen LogP contribution < -0.4 is 5.32 Å². The van der Waals surface area contributed by atoms with E-state index in [0.717, 1.165) is 0 Å². The quantitative estimate of drug-likeness (QED) is 0.854. The average Bonchev–Trinajstić information content (AvgIpc) is 2.86. The fourth-order valence-electron chi connectivity index (χ4n) is 1.92. The van der Waals surface area contributed by atoms with Crippen LogP contribution in [0, 0.1) is 5.41 Å². The molecule has 0 aliphatic heterocycles. The Morgan fingerprint density at radius 3 is 2.71 bits per heavy atom. The number of nitrogens with zero attached hydrogens (tertiary/aromatic N) is 5. The van der Waals surface area contributed by atoms with E-state index < -0.39 is 0 Å². The van der Waals surface area contributed by atoms with Crippen molar-refractivity contribution in [2.24, 2.45) is 5.41 Å². The highest BCUT2D eigenvalue weighted by molar-refractivity contribution is 5.89. The first-order valence-corrected chi connectivity index (χ1v) is 6.48. The van der Waals surface area contributed by atoms with Crippen LogP contribution in [0.4, 0.5) is 5.95 Å². The zero-order chi connectivity index (χ0) is 15.3. The van der Waals surface area contributed by atoms with E-state index in [0.29, 0.717) is 24.9 Å². The second-order valence-electron chi connectivity index (χ2n) is 5.37. The molecule has 0 aromatic carbocycles. The minimum Gasteiger partial charge on any atom is -0.384 e. The van der Waals surface area contributed by atoms with Crippen LogP contribution in [-0.4, -0.2) is 44.4 Å². The van der Waals surface area contributed by atoms with Crippen LogP contribution in [0.3, 0.4) is 0 Å². The number of hydrogen-bond acceptors (Lipinski definition) is 6. The maximum atomic E-state index is 12.1. The lowest BCUT2D eigenvalue weighted by Gasteiger charge is -2.22. The van der Waals surface area contributed by atoms with Gasteiger partial charge in [0.25, 0.3) is 5.95 Å². The van der Waals surface area contributed by atoms with Crippen LogP contribution in [0.1, 0.15) is 20.3 Å². The van der Waals surface area contributed by atoms with Crippen LogP contribution in [0.25, 0.3) is 5.95 Å². The van der Waals surface area contributed by atoms with Gasteiger partial charge in [0.2, 0.25) is 11.9 Å². The van der Waals surface area contributed by atoms with E-state index in [1.54, 1.807) is 25.6 Å². The molecule has 0 unspecified atom stereocenters. The van der Waals surface area contributed by atoms with Crippen LogP contribution in [0.5, 0.6) is 0 Å². The predicted octanol–water partition coefficient (Wildman–Crippen LogP) is 1.06. The molecule has 0 aliphatic carbocycles. The Kier molecular flexibility index (Phi) is 4.59. The second-order valence-corrected chi connectivity index (χ2v) is 5.37. The van der Waals surface area contributed by atoms with E-state index >= 15 is 0 Å². The summed E-state index contributed by atoms with van der Waals surface area (Å²) in [5, 5.41) is 6.73. The maximum absolute atomic E-state index is 12.1. The highest BCUT2D eigenvalue weighted by Crippen LogP contribution is 2.21. The molecular weight excluding hydrogens is 272 g/mol. The summed E-state index contributed by atoms with van der Waals surface area (Å²) in [5.41, 5.74) is -0.257. The Morgan fingerprint density at radius 2 is 2.05 bits per heavy atom. The number of rotatable bonds is 6. The van der Waals surface area contributed by atoms with Crippen molar-refractivity contribution in [1.82, 2.24) is 24.7 Å². The minimum absolute atomic E-state index is 0.165. The smallest absolute Gasteiger partial charge is 0.253 e. The number of carbonyl (C=O) groups excluding carboxylic acids is 1. The van der Waals surface area contributed by atoms with E-state index in [1.807, 2.05) is 13.8 Å². The van der Waals surface area contributed by atoms with E-state index in [-0.39, 0.29) is 11.3 Å². The summed E-state index contributed by atoms with van der Waals surface area (Å²) in [6, 6.07) is 1.70. The van der Waals surface area contributed by atoms with Gasteiger partial charge in [-0.1, -0.05) is 13.8 Å². The number of amides is 1. The number of hydrogen-bond donors (Lipinski definition) is 1. The second kappa shape index (κ2) is 6.40. The molecule has 0 saturated carbocycles. The van der Waals surface area contributed by atoms with Crippen LogP contribution in [0.2, 0.25) is 0 Å². The fourth-order valence-corrected chi connectivity index (χ4v) is 1.92. The van der Waals surface area contributed by atoms with E-state index in [9.17, 15) is 4.79 Å². The first-order valence-electron chi connectivity index (χ1n) is 6.48. The van der Waals surface area contributed by atoms with Gasteiger partial charge in [0.05, 0.1) is 6.61 Å². The molecule has 2 heterocycles. The molecule has 0 fully saturated rings. The fraction of sp³-hybridized carbons (Fsp3) is 0.462. The molecule has 2 aromatic rings. The zero-order valence-electron chi connectivity index (χ0n) is 12.3. The molecule has 2 aromatic heterocycles. The highest BCUT2D eigenvalue weighted by Gasteiger charge is 2.23. The molecule has 0 spiro atoms. The van der Waals surface area contributed by atoms with Crippen molar-refractivity contribution in [2.45, 2.75) is 20.3 Å². The van der Waals surface area contributed by atoms with E-state index in [2.05, 4.69) is 25.4 Å². The van der Waals surface area contributed by atoms with Gasteiger partial charge in [0.1, 0.15) is 6.33 Å². The summed E-state index contributed by atoms with van der Waals surface area (Å²) in [6.07, 6.45) is 4.84. The lowest BCUT2D eigenvalue weighted by atomic mass is 9.90. The SMILES string of the molecule is COCC(C)(C)CC(=O)Nc1ncnn1-c1ncccn1. The third kappa shape index (κ3) is 4.06. The van der Waals surface area contributed by atoms with Crippen molar-refractivity contribution in [3.63, 3.8) is 0 Å². The van der Waals surface area contributed by atoms with Crippen molar-refractivity contribution in [2.75, 3.05) is 19.0 Å². The van der Waals surface area contributed by atoms with Gasteiger partial charge in [0, 0.05) is 25.9 Å². The van der Waals surface area contributed by atoms with Gasteiger partial charge in [-0.2, -0.15) is 14.8 Å². The number of nitrogens with one attached hydrogen (secondary N) is 1. The summed E-state index contributed by atoms with van der Waals surface area (Å²) in [4.78, 5) is 24.3. The minimum atomic E-state index is -0.257. The zero-order valence-corrected chi connectivity index (χ0v) is 12.3. The number of anilines is 1. The van der Waals surface area contributed by atoms with E-state index in [1.165, 1.54) is 11.0 Å². The number of ether oxygens (including phenoxy) is 1. The number of methoxy groups -OCH3 is 1. The molecule has 0 saturated heterocycles. The third-order valence-electron chi connectivity index (χ3n) is 2.71. The van der Waals surface area contributed by atoms with Gasteiger partial charge in [0.15, 0.2) is 0 Å². The lowest BCUT2D eigenvalue weighted by Crippen LogP contribution is -2.27. The highest BCUT2D eigenvalue weighted by atomic mass is 16.5. The molecule has 112 valence electrons. The molecule has 0 atom stereocenters. The normalized spacial score (nSPS) is 11.4. The molecule has 2 rings (SSSR count). The molecule has 8 heteroatoms. The Morgan fingerprint density at radius 1 is 1.33 bits per heavy atom. The van der Waals surface area contributed by atoms with Gasteiger partial charge in [-0.05, 0) is 11.5 Å². The first kappa shape index (κ1) is 15.0. The van der Waals surface area contributed by atoms with Crippen LogP contribution in [0.15, 0.2) is 24.8 Å². The maximum Gasteiger partial charge on any atom is 0.253 e. The molecule has 0 bridgehead atoms. The monoisotopic (exact) mass is 290 g/mol. The predicted molar refractivity (Wildman–Crippen MR) is 75.9 cm³/mol. The summed E-state index contributed by atoms with van der Waals surface area (Å²) >= 11 is 0. The largest absolute Gasteiger partial charge is 0.384 e. The molecule has 1 N–H and O–H groups in total. The van der Waals surface area contributed by atoms with Crippen molar-refractivity contribution in [1.29, 1.82) is 0 Å². The first-order chi connectivity index (χ1) is 10.0. The van der Waals surface area contributed by atoms with Gasteiger partial charge >= 0.3 is 0 Å². The van der Waals surface area contributed by atoms with Crippen molar-refractivity contribution < 1.29 is 9.53 Å². The molecular formula is C13H18N6O2. The molecule has 21 heavy (non-hydrogen) atoms. The summed E-state index contributed by atoms with van der Waals surface area (Å²) < 4.78 is 6.48. The van der Waals surface area contributed by atoms with Crippen LogP contribution in [-0.2, 0) is 9.53 Å². The summed E-state index contributed by atoms with van der Waals surface area (Å²) in [6.45, 7) is 4.41. The van der Waals surface area contributed by atoms with E-state index in [4.69, 9.17) is 4.74 Å². The molecule has 0 aliphatic rings. The van der Waals surface area contributed by atoms with Gasteiger partial charge in [-0.25, -0.2) is 9.97 Å². The lowest BCUT2D eigenvalue weighted by molar-refractivity contribution is -0.118. The Balaban J connectivity index is 2.08. The molecule has 0 radical (unpaired) electrons. The van der Waals surface area contributed by atoms with Gasteiger partial charge < -0.3 is 4.74 Å². The van der Waals surface area contributed by atoms with Crippen molar-refractivity contribution in [3.05, 3.63) is 24.8 Å². The topological polar surface area (TPSA) is 94.8 Å². The summed E-state index contributed by atoms with van der Waals surface area (Å²) in [5.74, 6) is 0.475. The Bertz CT molecular complexity index is 596. The summed E-state index contributed by atoms with van der Waals surface area (Å²) in [7, 11) is 1.61. The molecule has 8 nitrogen and oxygen atoms in total. The Labute approximate surface area is 122 Å². The Hall–Kier alpha value is -2.35. The number of carbonyl (C=O) groups is 1. The molecule has 1 amide bonds.